The van der Waals surface area contributed by atoms with Crippen LogP contribution in [0.15, 0.2) is 84.0 Å². The van der Waals surface area contributed by atoms with E-state index in [1.807, 2.05) is 18.3 Å². The number of carboxylic acid groups (broad SMARTS) is 1. The average molecular weight is 428 g/mol. The first-order chi connectivity index (χ1) is 15.7. The molecule has 1 unspecified atom stereocenters. The van der Waals surface area contributed by atoms with Crippen LogP contribution in [-0.4, -0.2) is 48.4 Å². The van der Waals surface area contributed by atoms with Crippen LogP contribution >= 0.6 is 0 Å². The predicted octanol–water partition coefficient (Wildman–Crippen LogP) is 4.74. The largest absolute Gasteiger partial charge is 0.481 e. The highest BCUT2D eigenvalue weighted by Crippen LogP contribution is 2.33. The molecule has 164 valence electrons. The summed E-state index contributed by atoms with van der Waals surface area (Å²) in [6.45, 7) is 3.05. The summed E-state index contributed by atoms with van der Waals surface area (Å²) in [7, 11) is 0. The molecule has 1 heterocycles. The molecule has 0 radical (unpaired) electrons. The third-order valence-corrected chi connectivity index (χ3v) is 5.95. The monoisotopic (exact) mass is 427 g/mol. The van der Waals surface area contributed by atoms with Gasteiger partial charge in [-0.1, -0.05) is 78.9 Å². The molecule has 1 fully saturated rings. The molecule has 0 saturated carbocycles. The Morgan fingerprint density at radius 1 is 0.969 bits per heavy atom. The van der Waals surface area contributed by atoms with E-state index in [1.54, 1.807) is 0 Å². The fraction of sp³-hybridized carbons (Fsp3) is 0.259. The Labute approximate surface area is 189 Å². The second-order valence-electron chi connectivity index (χ2n) is 8.14. The molecule has 4 rings (SSSR count). The van der Waals surface area contributed by atoms with Crippen LogP contribution in [0.3, 0.4) is 0 Å². The highest BCUT2D eigenvalue weighted by atomic mass is 16.4. The van der Waals surface area contributed by atoms with E-state index in [9.17, 15) is 9.90 Å². The number of carboxylic acids is 1. The van der Waals surface area contributed by atoms with Gasteiger partial charge in [0.05, 0.1) is 12.1 Å². The van der Waals surface area contributed by atoms with E-state index >= 15 is 0 Å². The number of nitrogens with one attached hydrogen (secondary N) is 1. The van der Waals surface area contributed by atoms with Gasteiger partial charge in [-0.2, -0.15) is 5.10 Å². The summed E-state index contributed by atoms with van der Waals surface area (Å²) in [4.78, 5) is 13.4. The van der Waals surface area contributed by atoms with Crippen LogP contribution in [0.1, 0.15) is 18.4 Å². The molecule has 0 bridgehead atoms. The summed E-state index contributed by atoms with van der Waals surface area (Å²) >= 11 is 0. The highest BCUT2D eigenvalue weighted by molar-refractivity contribution is 5.94. The van der Waals surface area contributed by atoms with E-state index in [1.165, 1.54) is 16.7 Å². The zero-order valence-corrected chi connectivity index (χ0v) is 18.2. The van der Waals surface area contributed by atoms with Gasteiger partial charge in [0.15, 0.2) is 0 Å². The molecule has 0 amide bonds. The van der Waals surface area contributed by atoms with Crippen molar-refractivity contribution in [3.63, 3.8) is 0 Å². The summed E-state index contributed by atoms with van der Waals surface area (Å²) in [6.07, 6.45) is 3.58. The summed E-state index contributed by atoms with van der Waals surface area (Å²) < 4.78 is 0. The van der Waals surface area contributed by atoms with Crippen molar-refractivity contribution in [2.24, 2.45) is 11.0 Å². The molecular weight excluding hydrogens is 398 g/mol. The van der Waals surface area contributed by atoms with Crippen molar-refractivity contribution in [1.29, 1.82) is 0 Å². The third-order valence-electron chi connectivity index (χ3n) is 5.95. The number of nitrogens with zero attached hydrogens (tertiary/aromatic N) is 2. The number of benzene rings is 3. The zero-order chi connectivity index (χ0) is 22.2. The average Bonchev–Trinajstić information content (AvgIpc) is 2.85. The minimum atomic E-state index is -0.687. The van der Waals surface area contributed by atoms with Crippen molar-refractivity contribution in [3.05, 3.63) is 84.4 Å². The van der Waals surface area contributed by atoms with Crippen molar-refractivity contribution >= 4 is 12.2 Å². The number of hydrogen-bond acceptors (Lipinski definition) is 4. The lowest BCUT2D eigenvalue weighted by Crippen LogP contribution is -2.41. The lowest BCUT2D eigenvalue weighted by molar-refractivity contribution is -0.143. The van der Waals surface area contributed by atoms with Gasteiger partial charge >= 0.3 is 5.97 Å². The smallest absolute Gasteiger partial charge is 0.307 e. The molecule has 2 N–H and O–H groups in total. The summed E-state index contributed by atoms with van der Waals surface area (Å²) in [5.41, 5.74) is 8.87. The molecule has 1 atom stereocenters. The quantitative estimate of drug-likeness (QED) is 0.310. The van der Waals surface area contributed by atoms with Gasteiger partial charge in [0, 0.05) is 25.2 Å². The molecule has 0 spiro atoms. The van der Waals surface area contributed by atoms with E-state index in [-0.39, 0.29) is 5.92 Å². The van der Waals surface area contributed by atoms with Gasteiger partial charge in [0.2, 0.25) is 0 Å². The molecule has 0 aromatic heterocycles. The van der Waals surface area contributed by atoms with Gasteiger partial charge in [0.25, 0.3) is 0 Å². The summed E-state index contributed by atoms with van der Waals surface area (Å²) in [6, 6.07) is 27.1. The third kappa shape index (κ3) is 5.42. The Balaban J connectivity index is 1.43. The molecule has 1 saturated heterocycles. The van der Waals surface area contributed by atoms with Gasteiger partial charge in [-0.3, -0.25) is 4.79 Å². The number of hydrogen-bond donors (Lipinski definition) is 2. The van der Waals surface area contributed by atoms with Crippen LogP contribution < -0.4 is 5.43 Å². The Bertz CT molecular complexity index is 1070. The standard InChI is InChI=1S/C27H29N3O2/c31-27(32)23-12-8-17-30(20-23)18-16-28-29-19-22-11-4-5-14-25(22)26-15-7-6-13-24(26)21-9-2-1-3-10-21/h1-7,9-11,13-15,19,23,28H,8,12,16-18,20H2,(H,31,32)/b29-19+. The summed E-state index contributed by atoms with van der Waals surface area (Å²) in [5.74, 6) is -0.933. The Morgan fingerprint density at radius 2 is 1.66 bits per heavy atom. The van der Waals surface area contributed by atoms with Gasteiger partial charge in [0.1, 0.15) is 0 Å². The van der Waals surface area contributed by atoms with Crippen molar-refractivity contribution in [2.75, 3.05) is 26.2 Å². The van der Waals surface area contributed by atoms with Gasteiger partial charge < -0.3 is 15.4 Å². The van der Waals surface area contributed by atoms with E-state index in [0.717, 1.165) is 37.1 Å². The molecule has 5 heteroatoms. The molecular formula is C27H29N3O2. The van der Waals surface area contributed by atoms with E-state index < -0.39 is 5.97 Å². The molecule has 3 aromatic rings. The first-order valence-corrected chi connectivity index (χ1v) is 11.2. The number of likely N-dealkylation sites (tertiary alicyclic amines) is 1. The maximum atomic E-state index is 11.2. The van der Waals surface area contributed by atoms with Crippen molar-refractivity contribution in [3.8, 4) is 22.3 Å². The fourth-order valence-electron chi connectivity index (χ4n) is 4.29. The lowest BCUT2D eigenvalue weighted by Gasteiger charge is -2.30. The van der Waals surface area contributed by atoms with Gasteiger partial charge in [-0.05, 0) is 41.6 Å². The normalized spacial score (nSPS) is 16.8. The second-order valence-corrected chi connectivity index (χ2v) is 8.14. The maximum absolute atomic E-state index is 11.2. The SMILES string of the molecule is O=C(O)C1CCCN(CCN/N=C/c2ccccc2-c2ccccc2-c2ccccc2)C1. The molecule has 5 nitrogen and oxygen atoms in total. The Kier molecular flexibility index (Phi) is 7.31. The van der Waals surface area contributed by atoms with Crippen LogP contribution in [0.5, 0.6) is 0 Å². The van der Waals surface area contributed by atoms with Gasteiger partial charge in [-0.25, -0.2) is 0 Å². The predicted molar refractivity (Wildman–Crippen MR) is 130 cm³/mol. The maximum Gasteiger partial charge on any atom is 0.307 e. The molecule has 32 heavy (non-hydrogen) atoms. The van der Waals surface area contributed by atoms with Crippen LogP contribution in [-0.2, 0) is 4.79 Å². The molecule has 1 aliphatic rings. The van der Waals surface area contributed by atoms with Crippen LogP contribution in [0, 0.1) is 5.92 Å². The first-order valence-electron chi connectivity index (χ1n) is 11.2. The number of piperidine rings is 1. The van der Waals surface area contributed by atoms with Crippen molar-refractivity contribution < 1.29 is 9.90 Å². The molecule has 1 aliphatic heterocycles. The topological polar surface area (TPSA) is 64.9 Å². The van der Waals surface area contributed by atoms with E-state index in [4.69, 9.17) is 0 Å². The van der Waals surface area contributed by atoms with E-state index in [2.05, 4.69) is 82.2 Å². The zero-order valence-electron chi connectivity index (χ0n) is 18.2. The minimum Gasteiger partial charge on any atom is -0.481 e. The number of hydrazone groups is 1. The van der Waals surface area contributed by atoms with Crippen molar-refractivity contribution in [1.82, 2.24) is 10.3 Å². The highest BCUT2D eigenvalue weighted by Gasteiger charge is 2.24. The van der Waals surface area contributed by atoms with E-state index in [0.29, 0.717) is 13.1 Å². The van der Waals surface area contributed by atoms with Crippen LogP contribution in [0.2, 0.25) is 0 Å². The number of rotatable bonds is 8. The van der Waals surface area contributed by atoms with Crippen LogP contribution in [0.4, 0.5) is 0 Å². The molecule has 0 aliphatic carbocycles. The Morgan fingerprint density at radius 3 is 2.44 bits per heavy atom. The number of carbonyl (C=O) groups is 1. The fourth-order valence-corrected chi connectivity index (χ4v) is 4.29. The number of aliphatic carboxylic acids is 1. The second kappa shape index (κ2) is 10.7. The van der Waals surface area contributed by atoms with Gasteiger partial charge in [-0.15, -0.1) is 0 Å². The summed E-state index contributed by atoms with van der Waals surface area (Å²) in [5, 5.41) is 13.7. The first kappa shape index (κ1) is 21.8. The molecule has 3 aromatic carbocycles. The van der Waals surface area contributed by atoms with Crippen LogP contribution in [0.25, 0.3) is 22.3 Å². The Hall–Kier alpha value is -3.44. The lowest BCUT2D eigenvalue weighted by atomic mass is 9.92. The minimum absolute atomic E-state index is 0.246. The van der Waals surface area contributed by atoms with Crippen molar-refractivity contribution in [2.45, 2.75) is 12.8 Å².